The van der Waals surface area contributed by atoms with Crippen molar-refractivity contribution < 1.29 is 19.4 Å². The Morgan fingerprint density at radius 1 is 1.33 bits per heavy atom. The standard InChI is InChI=1S/C16H27N3O4.ClH/c1-9(2)8-11-13(20)18-7-5-6-12(18)16(22)19(11)14(21)15(17,23-16)10(3)4;/h9-12,22H,5-8,17H2,1-4H3;1H/t11-,12?,15+,16-;/m0./s1. The molecule has 0 radical (unpaired) electrons. The van der Waals surface area contributed by atoms with Gasteiger partial charge in [-0.3, -0.25) is 25.0 Å². The van der Waals surface area contributed by atoms with Gasteiger partial charge < -0.3 is 10.0 Å². The second-order valence-corrected chi connectivity index (χ2v) is 7.72. The number of hydrogen-bond acceptors (Lipinski definition) is 5. The zero-order valence-electron chi connectivity index (χ0n) is 14.7. The van der Waals surface area contributed by atoms with Gasteiger partial charge in [0, 0.05) is 12.5 Å². The van der Waals surface area contributed by atoms with Crippen LogP contribution in [0.25, 0.3) is 0 Å². The summed E-state index contributed by atoms with van der Waals surface area (Å²) in [7, 11) is 0. The zero-order chi connectivity index (χ0) is 17.2. The Morgan fingerprint density at radius 3 is 2.50 bits per heavy atom. The van der Waals surface area contributed by atoms with Crippen LogP contribution >= 0.6 is 12.4 Å². The van der Waals surface area contributed by atoms with Gasteiger partial charge in [0.15, 0.2) is 0 Å². The number of ether oxygens (including phenoxy) is 1. The van der Waals surface area contributed by atoms with E-state index in [2.05, 4.69) is 0 Å². The molecule has 0 aromatic heterocycles. The third-order valence-electron chi connectivity index (χ3n) is 5.34. The van der Waals surface area contributed by atoms with Crippen LogP contribution in [0.1, 0.15) is 47.0 Å². The van der Waals surface area contributed by atoms with Crippen molar-refractivity contribution in [1.82, 2.24) is 9.80 Å². The van der Waals surface area contributed by atoms with Gasteiger partial charge in [0.1, 0.15) is 12.1 Å². The molecule has 2 amide bonds. The lowest BCUT2D eigenvalue weighted by Gasteiger charge is -2.49. The number of carbonyl (C=O) groups excluding carboxylic acids is 2. The molecule has 1 unspecified atom stereocenters. The van der Waals surface area contributed by atoms with Crippen LogP contribution in [-0.4, -0.2) is 57.0 Å². The summed E-state index contributed by atoms with van der Waals surface area (Å²) in [6.07, 6.45) is 1.87. The number of halogens is 1. The predicted molar refractivity (Wildman–Crippen MR) is 89.9 cm³/mol. The van der Waals surface area contributed by atoms with Crippen molar-refractivity contribution in [3.05, 3.63) is 0 Å². The van der Waals surface area contributed by atoms with Crippen LogP contribution in [0.3, 0.4) is 0 Å². The molecule has 3 saturated heterocycles. The molecule has 3 fully saturated rings. The average molecular weight is 362 g/mol. The minimum atomic E-state index is -1.82. The number of fused-ring (bicyclic) bond motifs is 3. The molecule has 8 heteroatoms. The molecule has 0 aliphatic carbocycles. The second-order valence-electron chi connectivity index (χ2n) is 7.72. The fourth-order valence-electron chi connectivity index (χ4n) is 4.01. The molecule has 7 nitrogen and oxygen atoms in total. The van der Waals surface area contributed by atoms with E-state index in [0.29, 0.717) is 19.4 Å². The molecule has 0 aromatic rings. The molecule has 3 rings (SSSR count). The van der Waals surface area contributed by atoms with E-state index in [1.165, 1.54) is 4.90 Å². The normalized spacial score (nSPS) is 38.7. The summed E-state index contributed by atoms with van der Waals surface area (Å²) in [4.78, 5) is 28.8. The first kappa shape index (κ1) is 19.4. The zero-order valence-corrected chi connectivity index (χ0v) is 15.5. The Balaban J connectivity index is 0.00000208. The maximum absolute atomic E-state index is 13.0. The van der Waals surface area contributed by atoms with Crippen LogP contribution in [0.5, 0.6) is 0 Å². The quantitative estimate of drug-likeness (QED) is 0.769. The van der Waals surface area contributed by atoms with Gasteiger partial charge in [-0.05, 0) is 25.2 Å². The molecule has 3 aliphatic rings. The summed E-state index contributed by atoms with van der Waals surface area (Å²) < 4.78 is 5.80. The highest BCUT2D eigenvalue weighted by molar-refractivity contribution is 5.94. The van der Waals surface area contributed by atoms with Crippen LogP contribution < -0.4 is 5.73 Å². The van der Waals surface area contributed by atoms with Gasteiger partial charge in [-0.15, -0.1) is 12.4 Å². The number of piperazine rings is 1. The predicted octanol–water partition coefficient (Wildman–Crippen LogP) is 0.643. The van der Waals surface area contributed by atoms with Crippen molar-refractivity contribution in [3.8, 4) is 0 Å². The Morgan fingerprint density at radius 2 is 1.96 bits per heavy atom. The summed E-state index contributed by atoms with van der Waals surface area (Å²) in [5.74, 6) is -2.52. The van der Waals surface area contributed by atoms with E-state index < -0.39 is 29.6 Å². The first-order valence-electron chi connectivity index (χ1n) is 8.48. The van der Waals surface area contributed by atoms with Crippen molar-refractivity contribution >= 4 is 24.2 Å². The van der Waals surface area contributed by atoms with Crippen molar-refractivity contribution in [2.24, 2.45) is 17.6 Å². The average Bonchev–Trinajstić information content (AvgIpc) is 3.00. The molecule has 24 heavy (non-hydrogen) atoms. The summed E-state index contributed by atoms with van der Waals surface area (Å²) >= 11 is 0. The number of hydrogen-bond donors (Lipinski definition) is 2. The number of nitrogens with two attached hydrogens (primary N) is 1. The number of amides is 2. The molecular weight excluding hydrogens is 334 g/mol. The van der Waals surface area contributed by atoms with Crippen LogP contribution in [0.2, 0.25) is 0 Å². The van der Waals surface area contributed by atoms with E-state index in [4.69, 9.17) is 10.5 Å². The van der Waals surface area contributed by atoms with Crippen LogP contribution in [0.4, 0.5) is 0 Å². The van der Waals surface area contributed by atoms with Gasteiger partial charge in [-0.25, -0.2) is 0 Å². The maximum Gasteiger partial charge on any atom is 0.275 e. The lowest BCUT2D eigenvalue weighted by Crippen LogP contribution is -2.71. The van der Waals surface area contributed by atoms with Crippen molar-refractivity contribution in [2.45, 2.75) is 70.7 Å². The molecule has 0 aromatic carbocycles. The smallest absolute Gasteiger partial charge is 0.275 e. The molecule has 3 heterocycles. The topological polar surface area (TPSA) is 96.1 Å². The maximum atomic E-state index is 13.0. The highest BCUT2D eigenvalue weighted by atomic mass is 35.5. The molecule has 0 saturated carbocycles. The summed E-state index contributed by atoms with van der Waals surface area (Å²) in [5.41, 5.74) is 4.61. The molecule has 3 N–H and O–H groups in total. The van der Waals surface area contributed by atoms with E-state index in [1.54, 1.807) is 18.7 Å². The molecular formula is C16H28ClN3O4. The number of aliphatic hydroxyl groups is 1. The minimum Gasteiger partial charge on any atom is -0.347 e. The van der Waals surface area contributed by atoms with Crippen molar-refractivity contribution in [1.29, 1.82) is 0 Å². The summed E-state index contributed by atoms with van der Waals surface area (Å²) in [5, 5.41) is 11.2. The highest BCUT2D eigenvalue weighted by Crippen LogP contribution is 2.47. The lowest BCUT2D eigenvalue weighted by molar-refractivity contribution is -0.318. The van der Waals surface area contributed by atoms with E-state index in [1.807, 2.05) is 13.8 Å². The van der Waals surface area contributed by atoms with E-state index in [0.717, 1.165) is 6.42 Å². The fourth-order valence-corrected chi connectivity index (χ4v) is 4.01. The van der Waals surface area contributed by atoms with Crippen LogP contribution in [-0.2, 0) is 14.3 Å². The molecule has 4 atom stereocenters. The molecule has 0 spiro atoms. The Labute approximate surface area is 148 Å². The number of nitrogens with zero attached hydrogens (tertiary/aromatic N) is 2. The Bertz CT molecular complexity index is 543. The molecule has 138 valence electrons. The monoisotopic (exact) mass is 361 g/mol. The SMILES string of the molecule is CC(C)C[C@H]1C(=O)N2CCCC2[C@]2(O)O[C@](N)(C(C)C)C(=O)N12.Cl. The molecule has 0 bridgehead atoms. The van der Waals surface area contributed by atoms with Gasteiger partial charge >= 0.3 is 0 Å². The van der Waals surface area contributed by atoms with Gasteiger partial charge in [0.2, 0.25) is 11.6 Å². The third kappa shape index (κ3) is 2.44. The minimum absolute atomic E-state index is 0. The first-order chi connectivity index (χ1) is 10.6. The van der Waals surface area contributed by atoms with Gasteiger partial charge in [0.25, 0.3) is 11.8 Å². The van der Waals surface area contributed by atoms with Gasteiger partial charge in [-0.1, -0.05) is 27.7 Å². The lowest BCUT2D eigenvalue weighted by atomic mass is 9.94. The van der Waals surface area contributed by atoms with Gasteiger partial charge in [0.05, 0.1) is 0 Å². The number of rotatable bonds is 3. The largest absolute Gasteiger partial charge is 0.347 e. The van der Waals surface area contributed by atoms with E-state index in [-0.39, 0.29) is 30.2 Å². The summed E-state index contributed by atoms with van der Waals surface area (Å²) in [6.45, 7) is 8.13. The van der Waals surface area contributed by atoms with E-state index in [9.17, 15) is 14.7 Å². The van der Waals surface area contributed by atoms with E-state index >= 15 is 0 Å². The second kappa shape index (κ2) is 6.12. The van der Waals surface area contributed by atoms with Crippen molar-refractivity contribution in [3.63, 3.8) is 0 Å². The summed E-state index contributed by atoms with van der Waals surface area (Å²) in [6, 6.07) is -1.25. The Hall–Kier alpha value is -0.890. The highest BCUT2D eigenvalue weighted by Gasteiger charge is 2.70. The van der Waals surface area contributed by atoms with Crippen LogP contribution in [0.15, 0.2) is 0 Å². The number of carbonyl (C=O) groups is 2. The molecule has 3 aliphatic heterocycles. The fraction of sp³-hybridized carbons (Fsp3) is 0.875. The first-order valence-corrected chi connectivity index (χ1v) is 8.48. The Kier molecular flexibility index (Phi) is 4.96. The van der Waals surface area contributed by atoms with Crippen LogP contribution in [0, 0.1) is 11.8 Å². The van der Waals surface area contributed by atoms with Crippen molar-refractivity contribution in [2.75, 3.05) is 6.54 Å². The third-order valence-corrected chi connectivity index (χ3v) is 5.34. The van der Waals surface area contributed by atoms with Gasteiger partial charge in [-0.2, -0.15) is 0 Å².